The lowest BCUT2D eigenvalue weighted by atomic mass is 10.3. The molecule has 0 fully saturated rings. The minimum atomic E-state index is 0.608. The number of rotatable bonds is 10. The standard InChI is InChI=1S/C18H22ClNO2/c19-11-12-20(13-15-21-17-7-3-1-4-8-17)14-16-22-18-9-5-2-6-10-18/h1-10H,11-16H2. The van der Waals surface area contributed by atoms with Crippen LogP contribution in [-0.4, -0.2) is 43.6 Å². The quantitative estimate of drug-likeness (QED) is 0.623. The van der Waals surface area contributed by atoms with Gasteiger partial charge in [-0.1, -0.05) is 36.4 Å². The molecule has 3 nitrogen and oxygen atoms in total. The number of ether oxygens (including phenoxy) is 2. The molecule has 0 spiro atoms. The van der Waals surface area contributed by atoms with Gasteiger partial charge in [0.25, 0.3) is 0 Å². The SMILES string of the molecule is ClCCN(CCOc1ccccc1)CCOc1ccccc1. The van der Waals surface area contributed by atoms with Crippen LogP contribution in [0.5, 0.6) is 11.5 Å². The molecular weight excluding hydrogens is 298 g/mol. The lowest BCUT2D eigenvalue weighted by molar-refractivity contribution is 0.183. The van der Waals surface area contributed by atoms with Crippen molar-refractivity contribution in [2.24, 2.45) is 0 Å². The maximum Gasteiger partial charge on any atom is 0.119 e. The first-order chi connectivity index (χ1) is 10.9. The van der Waals surface area contributed by atoms with E-state index in [1.165, 1.54) is 0 Å². The third-order valence-corrected chi connectivity index (χ3v) is 3.41. The molecule has 2 rings (SSSR count). The zero-order valence-corrected chi connectivity index (χ0v) is 13.4. The molecule has 0 N–H and O–H groups in total. The molecule has 0 aromatic heterocycles. The molecule has 0 unspecified atom stereocenters. The molecule has 0 aliphatic carbocycles. The van der Waals surface area contributed by atoms with Crippen LogP contribution in [0, 0.1) is 0 Å². The first-order valence-electron chi connectivity index (χ1n) is 7.52. The summed E-state index contributed by atoms with van der Waals surface area (Å²) >= 11 is 5.86. The van der Waals surface area contributed by atoms with Crippen molar-refractivity contribution in [1.29, 1.82) is 0 Å². The van der Waals surface area contributed by atoms with Gasteiger partial charge in [0, 0.05) is 25.5 Å². The van der Waals surface area contributed by atoms with Crippen LogP contribution in [0.3, 0.4) is 0 Å². The Labute approximate surface area is 137 Å². The molecule has 2 aromatic carbocycles. The Morgan fingerprint density at radius 1 is 0.682 bits per heavy atom. The Balaban J connectivity index is 1.68. The summed E-state index contributed by atoms with van der Waals surface area (Å²) in [5.74, 6) is 2.40. The lowest BCUT2D eigenvalue weighted by Crippen LogP contribution is -2.34. The predicted molar refractivity (Wildman–Crippen MR) is 91.0 cm³/mol. The van der Waals surface area contributed by atoms with Gasteiger partial charge in [-0.2, -0.15) is 0 Å². The Morgan fingerprint density at radius 2 is 1.14 bits per heavy atom. The number of benzene rings is 2. The van der Waals surface area contributed by atoms with E-state index in [0.717, 1.165) is 31.1 Å². The molecule has 0 heterocycles. The highest BCUT2D eigenvalue weighted by molar-refractivity contribution is 6.18. The Hall–Kier alpha value is -1.71. The number of halogens is 1. The van der Waals surface area contributed by atoms with E-state index in [4.69, 9.17) is 21.1 Å². The molecule has 0 saturated heterocycles. The van der Waals surface area contributed by atoms with Gasteiger partial charge in [-0.15, -0.1) is 11.6 Å². The van der Waals surface area contributed by atoms with Crippen LogP contribution < -0.4 is 9.47 Å². The summed E-state index contributed by atoms with van der Waals surface area (Å²) in [4.78, 5) is 2.25. The van der Waals surface area contributed by atoms with Gasteiger partial charge in [0.2, 0.25) is 0 Å². The van der Waals surface area contributed by atoms with Gasteiger partial charge in [0.1, 0.15) is 24.7 Å². The minimum Gasteiger partial charge on any atom is -0.492 e. The summed E-state index contributed by atoms with van der Waals surface area (Å²) in [7, 11) is 0. The smallest absolute Gasteiger partial charge is 0.119 e. The summed E-state index contributed by atoms with van der Waals surface area (Å²) in [6, 6.07) is 19.7. The van der Waals surface area contributed by atoms with E-state index in [0.29, 0.717) is 19.1 Å². The highest BCUT2D eigenvalue weighted by Gasteiger charge is 2.05. The van der Waals surface area contributed by atoms with Crippen LogP contribution in [0.25, 0.3) is 0 Å². The largest absolute Gasteiger partial charge is 0.492 e. The number of nitrogens with zero attached hydrogens (tertiary/aromatic N) is 1. The minimum absolute atomic E-state index is 0.608. The zero-order chi connectivity index (χ0) is 15.5. The fourth-order valence-electron chi connectivity index (χ4n) is 2.07. The molecule has 0 aliphatic rings. The number of para-hydroxylation sites is 2. The number of alkyl halides is 1. The highest BCUT2D eigenvalue weighted by Crippen LogP contribution is 2.09. The van der Waals surface area contributed by atoms with Crippen molar-refractivity contribution in [3.05, 3.63) is 60.7 Å². The topological polar surface area (TPSA) is 21.7 Å². The van der Waals surface area contributed by atoms with E-state index in [1.807, 2.05) is 60.7 Å². The Kier molecular flexibility index (Phi) is 7.64. The molecule has 22 heavy (non-hydrogen) atoms. The van der Waals surface area contributed by atoms with E-state index in [9.17, 15) is 0 Å². The molecule has 0 saturated carbocycles. The van der Waals surface area contributed by atoms with Crippen LogP contribution >= 0.6 is 11.6 Å². The van der Waals surface area contributed by atoms with Crippen molar-refractivity contribution < 1.29 is 9.47 Å². The van der Waals surface area contributed by atoms with E-state index < -0.39 is 0 Å². The second-order valence-corrected chi connectivity index (χ2v) is 5.23. The summed E-state index contributed by atoms with van der Waals surface area (Å²) in [6.07, 6.45) is 0. The normalized spacial score (nSPS) is 10.6. The second-order valence-electron chi connectivity index (χ2n) is 4.85. The van der Waals surface area contributed by atoms with E-state index >= 15 is 0 Å². The van der Waals surface area contributed by atoms with Crippen molar-refractivity contribution in [1.82, 2.24) is 4.90 Å². The van der Waals surface area contributed by atoms with Crippen molar-refractivity contribution in [3.63, 3.8) is 0 Å². The highest BCUT2D eigenvalue weighted by atomic mass is 35.5. The van der Waals surface area contributed by atoms with Gasteiger partial charge in [0.05, 0.1) is 0 Å². The Bertz CT molecular complexity index is 462. The third kappa shape index (κ3) is 6.37. The predicted octanol–water partition coefficient (Wildman–Crippen LogP) is 3.69. The van der Waals surface area contributed by atoms with Gasteiger partial charge in [-0.05, 0) is 24.3 Å². The average molecular weight is 320 g/mol. The van der Waals surface area contributed by atoms with E-state index in [-0.39, 0.29) is 0 Å². The summed E-state index contributed by atoms with van der Waals surface area (Å²) in [5, 5.41) is 0. The van der Waals surface area contributed by atoms with E-state index in [1.54, 1.807) is 0 Å². The molecule has 0 aliphatic heterocycles. The second kappa shape index (κ2) is 10.1. The van der Waals surface area contributed by atoms with Crippen molar-refractivity contribution in [2.75, 3.05) is 38.7 Å². The van der Waals surface area contributed by atoms with E-state index in [2.05, 4.69) is 4.90 Å². The molecular formula is C18H22ClNO2. The molecule has 0 amide bonds. The van der Waals surface area contributed by atoms with Crippen molar-refractivity contribution in [2.45, 2.75) is 0 Å². The molecule has 4 heteroatoms. The zero-order valence-electron chi connectivity index (χ0n) is 12.7. The van der Waals surface area contributed by atoms with Gasteiger partial charge >= 0.3 is 0 Å². The summed E-state index contributed by atoms with van der Waals surface area (Å²) in [6.45, 7) is 3.79. The monoisotopic (exact) mass is 319 g/mol. The summed E-state index contributed by atoms with van der Waals surface area (Å²) in [5.41, 5.74) is 0. The van der Waals surface area contributed by atoms with Crippen LogP contribution in [-0.2, 0) is 0 Å². The maximum absolute atomic E-state index is 5.86. The van der Waals surface area contributed by atoms with Crippen molar-refractivity contribution >= 4 is 11.6 Å². The fourth-order valence-corrected chi connectivity index (χ4v) is 2.31. The molecule has 118 valence electrons. The maximum atomic E-state index is 5.86. The number of hydrogen-bond donors (Lipinski definition) is 0. The van der Waals surface area contributed by atoms with Gasteiger partial charge in [-0.3, -0.25) is 4.90 Å². The Morgan fingerprint density at radius 3 is 1.55 bits per heavy atom. The molecule has 0 atom stereocenters. The first-order valence-corrected chi connectivity index (χ1v) is 8.06. The van der Waals surface area contributed by atoms with Crippen LogP contribution in [0.4, 0.5) is 0 Å². The lowest BCUT2D eigenvalue weighted by Gasteiger charge is -2.21. The first kappa shape index (κ1) is 16.7. The van der Waals surface area contributed by atoms with Gasteiger partial charge < -0.3 is 9.47 Å². The molecule has 2 aromatic rings. The fraction of sp³-hybridized carbons (Fsp3) is 0.333. The summed E-state index contributed by atoms with van der Waals surface area (Å²) < 4.78 is 11.4. The van der Waals surface area contributed by atoms with Crippen LogP contribution in [0.1, 0.15) is 0 Å². The molecule has 0 bridgehead atoms. The molecule has 0 radical (unpaired) electrons. The number of hydrogen-bond acceptors (Lipinski definition) is 3. The van der Waals surface area contributed by atoms with Gasteiger partial charge in [-0.25, -0.2) is 0 Å². The van der Waals surface area contributed by atoms with Gasteiger partial charge in [0.15, 0.2) is 0 Å². The van der Waals surface area contributed by atoms with Crippen molar-refractivity contribution in [3.8, 4) is 11.5 Å². The third-order valence-electron chi connectivity index (χ3n) is 3.24. The van der Waals surface area contributed by atoms with Crippen LogP contribution in [0.15, 0.2) is 60.7 Å². The average Bonchev–Trinajstić information content (AvgIpc) is 2.57. The van der Waals surface area contributed by atoms with Crippen LogP contribution in [0.2, 0.25) is 0 Å².